The Morgan fingerprint density at radius 3 is 2.70 bits per heavy atom. The van der Waals surface area contributed by atoms with Gasteiger partial charge < -0.3 is 10.2 Å². The standard InChI is InChI=1S/C14H20N2O3S/c1-2-8-15-14(17)16-9-10-20(18,19)13(11-16)12-6-4-3-5-7-12/h3-7,13H,2,8-11H2,1H3,(H,15,17). The fourth-order valence-electron chi connectivity index (χ4n) is 2.29. The van der Waals surface area contributed by atoms with Crippen molar-refractivity contribution < 1.29 is 13.2 Å². The van der Waals surface area contributed by atoms with E-state index in [1.54, 1.807) is 17.0 Å². The van der Waals surface area contributed by atoms with Gasteiger partial charge in [0.1, 0.15) is 5.25 Å². The van der Waals surface area contributed by atoms with Crippen molar-refractivity contribution in [1.29, 1.82) is 0 Å². The van der Waals surface area contributed by atoms with Gasteiger partial charge in [-0.15, -0.1) is 0 Å². The highest BCUT2D eigenvalue weighted by Gasteiger charge is 2.35. The van der Waals surface area contributed by atoms with E-state index in [1.165, 1.54) is 0 Å². The van der Waals surface area contributed by atoms with Gasteiger partial charge >= 0.3 is 6.03 Å². The van der Waals surface area contributed by atoms with Crippen molar-refractivity contribution in [2.24, 2.45) is 0 Å². The summed E-state index contributed by atoms with van der Waals surface area (Å²) in [5.74, 6) is 0.0199. The first-order valence-electron chi connectivity index (χ1n) is 6.84. The van der Waals surface area contributed by atoms with E-state index in [9.17, 15) is 13.2 Å². The quantitative estimate of drug-likeness (QED) is 0.921. The summed E-state index contributed by atoms with van der Waals surface area (Å²) in [6, 6.07) is 8.92. The molecule has 0 saturated carbocycles. The molecule has 0 bridgehead atoms. The van der Waals surface area contributed by atoms with Crippen molar-refractivity contribution in [3.05, 3.63) is 35.9 Å². The van der Waals surface area contributed by atoms with E-state index >= 15 is 0 Å². The molecule has 1 aliphatic rings. The molecule has 1 aromatic rings. The summed E-state index contributed by atoms with van der Waals surface area (Å²) in [4.78, 5) is 13.6. The molecule has 0 aromatic heterocycles. The molecule has 0 radical (unpaired) electrons. The van der Waals surface area contributed by atoms with Gasteiger partial charge in [-0.1, -0.05) is 37.3 Å². The number of amides is 2. The maximum atomic E-state index is 12.2. The van der Waals surface area contributed by atoms with E-state index in [1.807, 2.05) is 25.1 Å². The maximum absolute atomic E-state index is 12.2. The first kappa shape index (κ1) is 14.8. The largest absolute Gasteiger partial charge is 0.338 e. The summed E-state index contributed by atoms with van der Waals surface area (Å²) in [7, 11) is -3.19. The fraction of sp³-hybridized carbons (Fsp3) is 0.500. The minimum Gasteiger partial charge on any atom is -0.338 e. The van der Waals surface area contributed by atoms with Gasteiger partial charge in [0, 0.05) is 19.6 Å². The molecule has 6 heteroatoms. The molecule has 0 spiro atoms. The van der Waals surface area contributed by atoms with Crippen molar-refractivity contribution in [2.45, 2.75) is 18.6 Å². The fourth-order valence-corrected chi connectivity index (χ4v) is 4.03. The van der Waals surface area contributed by atoms with Gasteiger partial charge in [-0.3, -0.25) is 0 Å². The Kier molecular flexibility index (Phi) is 4.65. The third-order valence-electron chi connectivity index (χ3n) is 3.45. The molecule has 1 aromatic carbocycles. The van der Waals surface area contributed by atoms with Gasteiger partial charge in [-0.2, -0.15) is 0 Å². The zero-order valence-electron chi connectivity index (χ0n) is 11.6. The zero-order valence-corrected chi connectivity index (χ0v) is 12.4. The highest BCUT2D eigenvalue weighted by atomic mass is 32.2. The lowest BCUT2D eigenvalue weighted by Gasteiger charge is -2.32. The minimum absolute atomic E-state index is 0.0199. The lowest BCUT2D eigenvalue weighted by Crippen LogP contribution is -2.49. The van der Waals surface area contributed by atoms with E-state index < -0.39 is 15.1 Å². The second-order valence-electron chi connectivity index (χ2n) is 4.94. The first-order chi connectivity index (χ1) is 9.54. The lowest BCUT2D eigenvalue weighted by atomic mass is 10.1. The lowest BCUT2D eigenvalue weighted by molar-refractivity contribution is 0.198. The molecule has 1 aliphatic heterocycles. The molecular weight excluding hydrogens is 276 g/mol. The Bertz CT molecular complexity index is 557. The summed E-state index contributed by atoms with van der Waals surface area (Å²) >= 11 is 0. The highest BCUT2D eigenvalue weighted by Crippen LogP contribution is 2.27. The minimum atomic E-state index is -3.19. The van der Waals surface area contributed by atoms with E-state index in [0.29, 0.717) is 6.54 Å². The molecule has 5 nitrogen and oxygen atoms in total. The average Bonchev–Trinajstić information content (AvgIpc) is 2.45. The molecule has 20 heavy (non-hydrogen) atoms. The summed E-state index contributed by atoms with van der Waals surface area (Å²) in [6.45, 7) is 3.08. The van der Waals surface area contributed by atoms with Gasteiger partial charge in [0.2, 0.25) is 0 Å². The molecule has 2 amide bonds. The summed E-state index contributed by atoms with van der Waals surface area (Å²) in [6.07, 6.45) is 0.861. The van der Waals surface area contributed by atoms with Crippen LogP contribution in [0, 0.1) is 0 Å². The van der Waals surface area contributed by atoms with Crippen LogP contribution in [-0.2, 0) is 9.84 Å². The third kappa shape index (κ3) is 3.30. The predicted octanol–water partition coefficient (Wildman–Crippen LogP) is 1.58. The number of urea groups is 1. The van der Waals surface area contributed by atoms with Gasteiger partial charge in [0.25, 0.3) is 0 Å². The van der Waals surface area contributed by atoms with Crippen LogP contribution in [-0.4, -0.2) is 44.7 Å². The van der Waals surface area contributed by atoms with Crippen LogP contribution in [0.4, 0.5) is 4.79 Å². The number of rotatable bonds is 3. The molecule has 1 N–H and O–H groups in total. The molecular formula is C14H20N2O3S. The molecule has 0 aliphatic carbocycles. The monoisotopic (exact) mass is 296 g/mol. The molecule has 1 atom stereocenters. The Hall–Kier alpha value is -1.56. The van der Waals surface area contributed by atoms with Crippen molar-refractivity contribution in [1.82, 2.24) is 10.2 Å². The van der Waals surface area contributed by atoms with Gasteiger partial charge in [0.05, 0.1) is 5.75 Å². The molecule has 2 rings (SSSR count). The second kappa shape index (κ2) is 6.26. The number of nitrogens with zero attached hydrogens (tertiary/aromatic N) is 1. The van der Waals surface area contributed by atoms with Gasteiger partial charge in [0.15, 0.2) is 9.84 Å². The summed E-state index contributed by atoms with van der Waals surface area (Å²) in [5, 5.41) is 2.17. The van der Waals surface area contributed by atoms with E-state index in [4.69, 9.17) is 0 Å². The van der Waals surface area contributed by atoms with Crippen LogP contribution in [0.2, 0.25) is 0 Å². The third-order valence-corrected chi connectivity index (χ3v) is 5.49. The van der Waals surface area contributed by atoms with Crippen LogP contribution in [0.1, 0.15) is 24.2 Å². The molecule has 1 saturated heterocycles. The van der Waals surface area contributed by atoms with E-state index in [-0.39, 0.29) is 24.9 Å². The zero-order chi connectivity index (χ0) is 14.6. The van der Waals surface area contributed by atoms with Crippen molar-refractivity contribution in [3.8, 4) is 0 Å². The number of benzene rings is 1. The number of sulfone groups is 1. The Morgan fingerprint density at radius 2 is 2.05 bits per heavy atom. The van der Waals surface area contributed by atoms with Crippen LogP contribution in [0.5, 0.6) is 0 Å². The average molecular weight is 296 g/mol. The maximum Gasteiger partial charge on any atom is 0.317 e. The van der Waals surface area contributed by atoms with Crippen LogP contribution in [0.25, 0.3) is 0 Å². The highest BCUT2D eigenvalue weighted by molar-refractivity contribution is 7.91. The molecule has 1 heterocycles. The van der Waals surface area contributed by atoms with E-state index in [0.717, 1.165) is 12.0 Å². The summed E-state index contributed by atoms with van der Waals surface area (Å²) < 4.78 is 24.4. The summed E-state index contributed by atoms with van der Waals surface area (Å²) in [5.41, 5.74) is 0.750. The number of nitrogens with one attached hydrogen (secondary N) is 1. The Labute approximate surface area is 119 Å². The topological polar surface area (TPSA) is 66.5 Å². The van der Waals surface area contributed by atoms with Crippen LogP contribution < -0.4 is 5.32 Å². The Balaban J connectivity index is 2.15. The Morgan fingerprint density at radius 1 is 1.35 bits per heavy atom. The normalized spacial score (nSPS) is 21.4. The van der Waals surface area contributed by atoms with Crippen molar-refractivity contribution >= 4 is 15.9 Å². The van der Waals surface area contributed by atoms with Gasteiger partial charge in [-0.05, 0) is 12.0 Å². The van der Waals surface area contributed by atoms with E-state index in [2.05, 4.69) is 5.32 Å². The number of hydrogen-bond acceptors (Lipinski definition) is 3. The molecule has 1 unspecified atom stereocenters. The van der Waals surface area contributed by atoms with Crippen LogP contribution >= 0.6 is 0 Å². The van der Waals surface area contributed by atoms with Crippen LogP contribution in [0.15, 0.2) is 30.3 Å². The molecule has 1 fully saturated rings. The molecule has 110 valence electrons. The van der Waals surface area contributed by atoms with Gasteiger partial charge in [-0.25, -0.2) is 13.2 Å². The predicted molar refractivity (Wildman–Crippen MR) is 78.2 cm³/mol. The van der Waals surface area contributed by atoms with Crippen molar-refractivity contribution in [3.63, 3.8) is 0 Å². The van der Waals surface area contributed by atoms with Crippen LogP contribution in [0.3, 0.4) is 0 Å². The first-order valence-corrected chi connectivity index (χ1v) is 8.55. The number of carbonyl (C=O) groups is 1. The number of hydrogen-bond donors (Lipinski definition) is 1. The van der Waals surface area contributed by atoms with Crippen molar-refractivity contribution in [2.75, 3.05) is 25.4 Å². The SMILES string of the molecule is CCCNC(=O)N1CCS(=O)(=O)C(c2ccccc2)C1. The second-order valence-corrected chi connectivity index (χ2v) is 7.25. The number of carbonyl (C=O) groups excluding carboxylic acids is 1. The smallest absolute Gasteiger partial charge is 0.317 e.